The van der Waals surface area contributed by atoms with Gasteiger partial charge in [0.2, 0.25) is 0 Å². The van der Waals surface area contributed by atoms with Gasteiger partial charge in [-0.1, -0.05) is 0 Å². The van der Waals surface area contributed by atoms with Crippen molar-refractivity contribution in [2.24, 2.45) is 0 Å². The molecule has 6 heteroatoms. The van der Waals surface area contributed by atoms with Crippen LogP contribution < -0.4 is 0 Å². The molecule has 0 fully saturated rings. The molecule has 0 aliphatic heterocycles. The second kappa shape index (κ2) is 5.37. The van der Waals surface area contributed by atoms with Crippen molar-refractivity contribution in [3.63, 3.8) is 0 Å². The second-order valence-electron chi connectivity index (χ2n) is 3.41. The maximum Gasteiger partial charge on any atom is 0.0772 e. The first-order valence-electron chi connectivity index (χ1n) is 4.98. The van der Waals surface area contributed by atoms with Crippen molar-refractivity contribution in [1.29, 1.82) is 0 Å². The van der Waals surface area contributed by atoms with Crippen molar-refractivity contribution >= 4 is 23.2 Å². The van der Waals surface area contributed by atoms with E-state index in [0.29, 0.717) is 11.8 Å². The summed E-state index contributed by atoms with van der Waals surface area (Å²) < 4.78 is 3.72. The predicted octanol–water partition coefficient (Wildman–Crippen LogP) is 2.26. The zero-order valence-electron chi connectivity index (χ0n) is 8.68. The van der Waals surface area contributed by atoms with Gasteiger partial charge in [0.25, 0.3) is 0 Å². The average molecular weight is 259 g/mol. The van der Waals surface area contributed by atoms with E-state index in [0.717, 1.165) is 24.5 Å². The van der Waals surface area contributed by atoms with E-state index in [9.17, 15) is 0 Å². The quantitative estimate of drug-likeness (QED) is 0.772. The highest BCUT2D eigenvalue weighted by atomic mass is 35.5. The molecule has 0 bridgehead atoms. The van der Waals surface area contributed by atoms with E-state index in [1.165, 1.54) is 0 Å². The summed E-state index contributed by atoms with van der Waals surface area (Å²) in [6.07, 6.45) is 3.84. The van der Waals surface area contributed by atoms with Crippen LogP contribution in [0.2, 0.25) is 0 Å². The van der Waals surface area contributed by atoms with Gasteiger partial charge in [-0.3, -0.25) is 9.36 Å². The molecule has 2 rings (SSSR count). The molecule has 0 amide bonds. The number of alkyl halides is 2. The molecule has 0 unspecified atom stereocenters. The average Bonchev–Trinajstić information content (AvgIpc) is 2.95. The normalized spacial score (nSPS) is 10.9. The molecule has 0 N–H and O–H groups in total. The molecule has 0 aliphatic rings. The number of rotatable bonds is 5. The van der Waals surface area contributed by atoms with Crippen LogP contribution in [0.15, 0.2) is 24.5 Å². The smallest absolute Gasteiger partial charge is 0.0772 e. The fraction of sp³-hybridized carbons (Fsp3) is 0.400. The maximum absolute atomic E-state index is 5.67. The van der Waals surface area contributed by atoms with Crippen molar-refractivity contribution in [2.45, 2.75) is 24.8 Å². The van der Waals surface area contributed by atoms with E-state index < -0.39 is 0 Å². The van der Waals surface area contributed by atoms with Gasteiger partial charge >= 0.3 is 0 Å². The van der Waals surface area contributed by atoms with Crippen LogP contribution in [0, 0.1) is 0 Å². The first kappa shape index (κ1) is 11.5. The molecule has 0 saturated carbocycles. The number of nitrogens with zero attached hydrogens (tertiary/aromatic N) is 4. The van der Waals surface area contributed by atoms with Crippen molar-refractivity contribution in [1.82, 2.24) is 19.6 Å². The molecule has 2 aromatic rings. The van der Waals surface area contributed by atoms with Crippen LogP contribution in [0.1, 0.15) is 11.4 Å². The molecule has 0 saturated heterocycles. The highest BCUT2D eigenvalue weighted by molar-refractivity contribution is 6.17. The summed E-state index contributed by atoms with van der Waals surface area (Å²) in [7, 11) is 0. The molecule has 2 heterocycles. The first-order valence-corrected chi connectivity index (χ1v) is 6.05. The third kappa shape index (κ3) is 2.77. The van der Waals surface area contributed by atoms with E-state index in [1.807, 2.05) is 33.9 Å². The maximum atomic E-state index is 5.67. The predicted molar refractivity (Wildman–Crippen MR) is 63.6 cm³/mol. The Morgan fingerprint density at radius 1 is 0.875 bits per heavy atom. The van der Waals surface area contributed by atoms with Crippen molar-refractivity contribution in [2.75, 3.05) is 0 Å². The van der Waals surface area contributed by atoms with Crippen LogP contribution in [-0.4, -0.2) is 19.6 Å². The Labute approximate surface area is 104 Å². The van der Waals surface area contributed by atoms with Gasteiger partial charge in [0, 0.05) is 12.4 Å². The molecule has 0 aliphatic carbocycles. The van der Waals surface area contributed by atoms with Gasteiger partial charge in [-0.2, -0.15) is 10.2 Å². The number of hydrogen-bond acceptors (Lipinski definition) is 2. The fourth-order valence-corrected chi connectivity index (χ4v) is 1.69. The fourth-order valence-electron chi connectivity index (χ4n) is 1.40. The van der Waals surface area contributed by atoms with Gasteiger partial charge in [-0.25, -0.2) is 0 Å². The molecule has 2 aromatic heterocycles. The molecular weight excluding hydrogens is 247 g/mol. The Morgan fingerprint density at radius 3 is 1.62 bits per heavy atom. The van der Waals surface area contributed by atoms with E-state index in [2.05, 4.69) is 10.2 Å². The standard InChI is InChI=1S/C10H12Cl2N4/c11-7-9-1-3-15(13-9)5-6-16-4-2-10(8-12)14-16/h1-4H,5-8H2. The summed E-state index contributed by atoms with van der Waals surface area (Å²) in [5, 5.41) is 8.58. The van der Waals surface area contributed by atoms with Crippen LogP contribution in [-0.2, 0) is 24.8 Å². The van der Waals surface area contributed by atoms with Gasteiger partial charge in [0.15, 0.2) is 0 Å². The summed E-state index contributed by atoms with van der Waals surface area (Å²) in [6.45, 7) is 1.56. The number of aryl methyl sites for hydroxylation is 2. The van der Waals surface area contributed by atoms with E-state index in [-0.39, 0.29) is 0 Å². The molecule has 86 valence electrons. The topological polar surface area (TPSA) is 35.6 Å². The Balaban J connectivity index is 1.91. The van der Waals surface area contributed by atoms with Crippen molar-refractivity contribution < 1.29 is 0 Å². The Kier molecular flexibility index (Phi) is 3.85. The molecule has 16 heavy (non-hydrogen) atoms. The minimum atomic E-state index is 0.450. The SMILES string of the molecule is ClCc1ccn(CCn2ccc(CCl)n2)n1. The van der Waals surface area contributed by atoms with Gasteiger partial charge in [0.05, 0.1) is 36.2 Å². The highest BCUT2D eigenvalue weighted by Crippen LogP contribution is 2.02. The molecule has 0 radical (unpaired) electrons. The summed E-state index contributed by atoms with van der Waals surface area (Å²) >= 11 is 11.3. The van der Waals surface area contributed by atoms with Crippen LogP contribution in [0.25, 0.3) is 0 Å². The monoisotopic (exact) mass is 258 g/mol. The van der Waals surface area contributed by atoms with E-state index in [1.54, 1.807) is 0 Å². The zero-order valence-corrected chi connectivity index (χ0v) is 10.2. The van der Waals surface area contributed by atoms with Crippen LogP contribution in [0.4, 0.5) is 0 Å². The largest absolute Gasteiger partial charge is 0.271 e. The van der Waals surface area contributed by atoms with Gasteiger partial charge in [-0.05, 0) is 12.1 Å². The van der Waals surface area contributed by atoms with E-state index >= 15 is 0 Å². The van der Waals surface area contributed by atoms with Gasteiger partial charge in [-0.15, -0.1) is 23.2 Å². The lowest BCUT2D eigenvalue weighted by Crippen LogP contribution is -2.08. The van der Waals surface area contributed by atoms with Crippen molar-refractivity contribution in [3.8, 4) is 0 Å². The van der Waals surface area contributed by atoms with Gasteiger partial charge < -0.3 is 0 Å². The molecule has 0 spiro atoms. The lowest BCUT2D eigenvalue weighted by molar-refractivity contribution is 0.496. The molecule has 0 atom stereocenters. The Morgan fingerprint density at radius 2 is 1.31 bits per heavy atom. The molecule has 4 nitrogen and oxygen atoms in total. The summed E-state index contributed by atoms with van der Waals surface area (Å²) in [6, 6.07) is 3.83. The van der Waals surface area contributed by atoms with E-state index in [4.69, 9.17) is 23.2 Å². The number of hydrogen-bond donors (Lipinski definition) is 0. The van der Waals surface area contributed by atoms with Crippen LogP contribution in [0.5, 0.6) is 0 Å². The highest BCUT2D eigenvalue weighted by Gasteiger charge is 1.99. The lowest BCUT2D eigenvalue weighted by atomic mass is 10.5. The lowest BCUT2D eigenvalue weighted by Gasteiger charge is -2.01. The van der Waals surface area contributed by atoms with Crippen LogP contribution in [0.3, 0.4) is 0 Å². The Hall–Kier alpha value is -1.00. The number of halogens is 2. The summed E-state index contributed by atoms with van der Waals surface area (Å²) in [4.78, 5) is 0. The first-order chi connectivity index (χ1) is 7.81. The zero-order chi connectivity index (χ0) is 11.4. The summed E-state index contributed by atoms with van der Waals surface area (Å²) in [5.74, 6) is 0.899. The third-order valence-corrected chi connectivity index (χ3v) is 2.77. The second-order valence-corrected chi connectivity index (χ2v) is 3.94. The minimum Gasteiger partial charge on any atom is -0.271 e. The number of aromatic nitrogens is 4. The summed E-state index contributed by atoms with van der Waals surface area (Å²) in [5.41, 5.74) is 1.78. The van der Waals surface area contributed by atoms with Crippen LogP contribution >= 0.6 is 23.2 Å². The molecular formula is C10H12Cl2N4. The van der Waals surface area contributed by atoms with Crippen molar-refractivity contribution in [3.05, 3.63) is 35.9 Å². The molecule has 0 aromatic carbocycles. The Bertz CT molecular complexity index is 407. The third-order valence-electron chi connectivity index (χ3n) is 2.22. The minimum absolute atomic E-state index is 0.450. The van der Waals surface area contributed by atoms with Gasteiger partial charge in [0.1, 0.15) is 0 Å².